The Morgan fingerprint density at radius 2 is 1.70 bits per heavy atom. The molecule has 2 rings (SSSR count). The summed E-state index contributed by atoms with van der Waals surface area (Å²) in [4.78, 5) is 21.8. The Morgan fingerprint density at radius 1 is 1.15 bits per heavy atom. The predicted octanol–water partition coefficient (Wildman–Crippen LogP) is 3.18. The fourth-order valence-corrected chi connectivity index (χ4v) is 2.67. The summed E-state index contributed by atoms with van der Waals surface area (Å²) in [5, 5.41) is 23.2. The molecule has 0 amide bonds. The highest BCUT2D eigenvalue weighted by molar-refractivity contribution is 5.82. The van der Waals surface area contributed by atoms with Gasteiger partial charge in [0.05, 0.1) is 4.92 Å². The molecular formula is C14H18N2O4. The second-order valence-electron chi connectivity index (χ2n) is 5.23. The van der Waals surface area contributed by atoms with Crippen molar-refractivity contribution in [3.8, 4) is 0 Å². The van der Waals surface area contributed by atoms with Crippen molar-refractivity contribution in [3.05, 3.63) is 34.4 Å². The van der Waals surface area contributed by atoms with Crippen LogP contribution < -0.4 is 5.32 Å². The average molecular weight is 278 g/mol. The van der Waals surface area contributed by atoms with Gasteiger partial charge in [0.15, 0.2) is 0 Å². The summed E-state index contributed by atoms with van der Waals surface area (Å²) in [6, 6.07) is 5.89. The zero-order valence-corrected chi connectivity index (χ0v) is 11.2. The summed E-state index contributed by atoms with van der Waals surface area (Å²) in [6.07, 6.45) is 5.03. The van der Waals surface area contributed by atoms with Crippen LogP contribution in [0.2, 0.25) is 0 Å². The molecular weight excluding hydrogens is 260 g/mol. The number of hydrogen-bond donors (Lipinski definition) is 2. The Labute approximate surface area is 117 Å². The maximum absolute atomic E-state index is 11.6. The number of carboxylic acid groups (broad SMARTS) is 1. The average Bonchev–Trinajstić information content (AvgIpc) is 2.66. The van der Waals surface area contributed by atoms with Crippen molar-refractivity contribution in [1.82, 2.24) is 0 Å². The summed E-state index contributed by atoms with van der Waals surface area (Å²) in [5.74, 6) is -0.849. The van der Waals surface area contributed by atoms with Crippen LogP contribution in [0.1, 0.15) is 38.5 Å². The zero-order chi connectivity index (χ0) is 14.6. The molecule has 0 radical (unpaired) electrons. The van der Waals surface area contributed by atoms with E-state index in [2.05, 4.69) is 5.32 Å². The van der Waals surface area contributed by atoms with E-state index in [1.54, 1.807) is 12.1 Å². The number of nitro groups is 1. The second-order valence-corrected chi connectivity index (χ2v) is 5.23. The molecule has 0 atom stereocenters. The van der Waals surface area contributed by atoms with Crippen LogP contribution in [0.15, 0.2) is 24.3 Å². The summed E-state index contributed by atoms with van der Waals surface area (Å²) in [7, 11) is 0. The molecule has 0 unspecified atom stereocenters. The minimum absolute atomic E-state index is 0.000733. The Morgan fingerprint density at radius 3 is 2.15 bits per heavy atom. The largest absolute Gasteiger partial charge is 0.480 e. The van der Waals surface area contributed by atoms with Crippen LogP contribution in [0, 0.1) is 10.1 Å². The van der Waals surface area contributed by atoms with Gasteiger partial charge in [-0.15, -0.1) is 0 Å². The monoisotopic (exact) mass is 278 g/mol. The Hall–Kier alpha value is -2.11. The van der Waals surface area contributed by atoms with Crippen LogP contribution in [0.25, 0.3) is 0 Å². The summed E-state index contributed by atoms with van der Waals surface area (Å²) in [5.41, 5.74) is -0.340. The van der Waals surface area contributed by atoms with Gasteiger partial charge in [0.2, 0.25) is 0 Å². The summed E-state index contributed by atoms with van der Waals surface area (Å²) in [6.45, 7) is 0. The smallest absolute Gasteiger partial charge is 0.329 e. The van der Waals surface area contributed by atoms with E-state index < -0.39 is 16.4 Å². The number of nitrogens with one attached hydrogen (secondary N) is 1. The molecule has 0 heterocycles. The first kappa shape index (κ1) is 14.3. The lowest BCUT2D eigenvalue weighted by atomic mass is 9.90. The van der Waals surface area contributed by atoms with E-state index in [0.29, 0.717) is 18.5 Å². The molecule has 0 aliphatic heterocycles. The van der Waals surface area contributed by atoms with Gasteiger partial charge in [0, 0.05) is 17.8 Å². The van der Waals surface area contributed by atoms with Crippen molar-refractivity contribution >= 4 is 17.3 Å². The van der Waals surface area contributed by atoms with Crippen LogP contribution in [-0.2, 0) is 4.79 Å². The lowest BCUT2D eigenvalue weighted by Gasteiger charge is -2.30. The first-order valence-corrected chi connectivity index (χ1v) is 6.79. The molecule has 1 aliphatic carbocycles. The highest BCUT2D eigenvalue weighted by Gasteiger charge is 2.38. The van der Waals surface area contributed by atoms with Gasteiger partial charge in [0.1, 0.15) is 5.54 Å². The number of carbonyl (C=O) groups is 1. The van der Waals surface area contributed by atoms with Crippen LogP contribution in [0.3, 0.4) is 0 Å². The van der Waals surface area contributed by atoms with Gasteiger partial charge >= 0.3 is 5.97 Å². The van der Waals surface area contributed by atoms with E-state index >= 15 is 0 Å². The van der Waals surface area contributed by atoms with E-state index in [4.69, 9.17) is 0 Å². The highest BCUT2D eigenvalue weighted by atomic mass is 16.6. The standard InChI is InChI=1S/C14H18N2O4/c17-13(18)14(9-3-1-2-4-10-14)15-11-5-7-12(8-6-11)16(19)20/h5-8,15H,1-4,9-10H2,(H,17,18). The van der Waals surface area contributed by atoms with Gasteiger partial charge in [-0.3, -0.25) is 10.1 Å². The number of nitrogens with zero attached hydrogens (tertiary/aromatic N) is 1. The second kappa shape index (κ2) is 5.90. The van der Waals surface area contributed by atoms with Crippen molar-refractivity contribution in [2.24, 2.45) is 0 Å². The van der Waals surface area contributed by atoms with Gasteiger partial charge < -0.3 is 10.4 Å². The molecule has 0 saturated heterocycles. The fraction of sp³-hybridized carbons (Fsp3) is 0.500. The molecule has 1 fully saturated rings. The molecule has 2 N–H and O–H groups in total. The van der Waals surface area contributed by atoms with Crippen molar-refractivity contribution in [2.75, 3.05) is 5.32 Å². The van der Waals surface area contributed by atoms with E-state index in [0.717, 1.165) is 25.7 Å². The first-order chi connectivity index (χ1) is 9.53. The van der Waals surface area contributed by atoms with Gasteiger partial charge in [-0.25, -0.2) is 4.79 Å². The Bertz CT molecular complexity index is 490. The minimum Gasteiger partial charge on any atom is -0.480 e. The lowest BCUT2D eigenvalue weighted by molar-refractivity contribution is -0.384. The molecule has 108 valence electrons. The third-order valence-corrected chi connectivity index (χ3v) is 3.83. The molecule has 1 saturated carbocycles. The van der Waals surface area contributed by atoms with Crippen molar-refractivity contribution in [3.63, 3.8) is 0 Å². The minimum atomic E-state index is -0.952. The quantitative estimate of drug-likeness (QED) is 0.501. The van der Waals surface area contributed by atoms with Crippen molar-refractivity contribution in [2.45, 2.75) is 44.1 Å². The lowest BCUT2D eigenvalue weighted by Crippen LogP contribution is -2.45. The number of hydrogen-bond acceptors (Lipinski definition) is 4. The molecule has 1 aliphatic rings. The molecule has 20 heavy (non-hydrogen) atoms. The molecule has 0 spiro atoms. The van der Waals surface area contributed by atoms with Gasteiger partial charge in [0.25, 0.3) is 5.69 Å². The molecule has 6 nitrogen and oxygen atoms in total. The van der Waals surface area contributed by atoms with Crippen LogP contribution in [0.4, 0.5) is 11.4 Å². The topological polar surface area (TPSA) is 92.5 Å². The number of rotatable bonds is 4. The van der Waals surface area contributed by atoms with Gasteiger partial charge in [-0.2, -0.15) is 0 Å². The molecule has 1 aromatic rings. The first-order valence-electron chi connectivity index (χ1n) is 6.79. The summed E-state index contributed by atoms with van der Waals surface area (Å²) < 4.78 is 0. The SMILES string of the molecule is O=C(O)C1(Nc2ccc([N+](=O)[O-])cc2)CCCCCC1. The number of aliphatic carboxylic acids is 1. The molecule has 0 bridgehead atoms. The fourth-order valence-electron chi connectivity index (χ4n) is 2.67. The van der Waals surface area contributed by atoms with E-state index in [9.17, 15) is 20.0 Å². The predicted molar refractivity (Wildman–Crippen MR) is 74.8 cm³/mol. The number of benzene rings is 1. The number of nitro benzene ring substituents is 1. The van der Waals surface area contributed by atoms with Crippen LogP contribution >= 0.6 is 0 Å². The zero-order valence-electron chi connectivity index (χ0n) is 11.2. The normalized spacial score (nSPS) is 18.0. The Kier molecular flexibility index (Phi) is 4.22. The number of anilines is 1. The van der Waals surface area contributed by atoms with Crippen LogP contribution in [-0.4, -0.2) is 21.5 Å². The van der Waals surface area contributed by atoms with Crippen LogP contribution in [0.5, 0.6) is 0 Å². The molecule has 0 aromatic heterocycles. The maximum Gasteiger partial charge on any atom is 0.329 e. The van der Waals surface area contributed by atoms with E-state index in [-0.39, 0.29) is 5.69 Å². The summed E-state index contributed by atoms with van der Waals surface area (Å²) >= 11 is 0. The third kappa shape index (κ3) is 3.07. The Balaban J connectivity index is 2.19. The third-order valence-electron chi connectivity index (χ3n) is 3.83. The van der Waals surface area contributed by atoms with E-state index in [1.807, 2.05) is 0 Å². The molecule has 1 aromatic carbocycles. The number of non-ortho nitro benzene ring substituents is 1. The van der Waals surface area contributed by atoms with E-state index in [1.165, 1.54) is 12.1 Å². The van der Waals surface area contributed by atoms with Gasteiger partial charge in [-0.1, -0.05) is 25.7 Å². The highest BCUT2D eigenvalue weighted by Crippen LogP contribution is 2.31. The van der Waals surface area contributed by atoms with Crippen molar-refractivity contribution in [1.29, 1.82) is 0 Å². The van der Waals surface area contributed by atoms with Crippen molar-refractivity contribution < 1.29 is 14.8 Å². The number of carboxylic acids is 1. The van der Waals surface area contributed by atoms with Gasteiger partial charge in [-0.05, 0) is 25.0 Å². The molecule has 6 heteroatoms. The maximum atomic E-state index is 11.6.